The van der Waals surface area contributed by atoms with Crippen molar-refractivity contribution in [3.8, 4) is 0 Å². The predicted octanol–water partition coefficient (Wildman–Crippen LogP) is 3.10. The van der Waals surface area contributed by atoms with Gasteiger partial charge in [-0.15, -0.1) is 0 Å². The van der Waals surface area contributed by atoms with Gasteiger partial charge < -0.3 is 10.0 Å². The lowest BCUT2D eigenvalue weighted by Gasteiger charge is -2.33. The average molecular weight is 362 g/mol. The topological polar surface area (TPSA) is 75.4 Å². The molecule has 1 amide bonds. The van der Waals surface area contributed by atoms with Gasteiger partial charge in [0.2, 0.25) is 0 Å². The maximum absolute atomic E-state index is 12.9. The van der Waals surface area contributed by atoms with Gasteiger partial charge in [0.05, 0.1) is 16.3 Å². The van der Waals surface area contributed by atoms with E-state index in [1.807, 2.05) is 17.0 Å². The minimum Gasteiger partial charge on any atom is -0.478 e. The van der Waals surface area contributed by atoms with E-state index in [1.165, 1.54) is 4.68 Å². The summed E-state index contributed by atoms with van der Waals surface area (Å²) in [6.45, 7) is 3.05. The highest BCUT2D eigenvalue weighted by atomic mass is 35.5. The van der Waals surface area contributed by atoms with Crippen LogP contribution < -0.4 is 0 Å². The second kappa shape index (κ2) is 6.88. The summed E-state index contributed by atoms with van der Waals surface area (Å²) in [5.74, 6) is -0.859. The van der Waals surface area contributed by atoms with Crippen LogP contribution >= 0.6 is 11.6 Å². The van der Waals surface area contributed by atoms with Crippen LogP contribution in [0.2, 0.25) is 5.02 Å². The number of carbonyl (C=O) groups excluding carboxylic acids is 1. The first-order chi connectivity index (χ1) is 11.9. The minimum atomic E-state index is -0.937. The van der Waals surface area contributed by atoms with Crippen LogP contribution in [0, 0.1) is 6.92 Å². The van der Waals surface area contributed by atoms with Crippen molar-refractivity contribution in [1.82, 2.24) is 14.7 Å². The van der Waals surface area contributed by atoms with Gasteiger partial charge in [-0.25, -0.2) is 4.79 Å². The van der Waals surface area contributed by atoms with Gasteiger partial charge in [0.25, 0.3) is 5.91 Å². The van der Waals surface area contributed by atoms with Gasteiger partial charge in [0, 0.05) is 26.1 Å². The van der Waals surface area contributed by atoms with E-state index in [1.54, 1.807) is 26.1 Å². The molecule has 1 fully saturated rings. The Morgan fingerprint density at radius 3 is 2.52 bits per heavy atom. The van der Waals surface area contributed by atoms with E-state index in [2.05, 4.69) is 5.10 Å². The van der Waals surface area contributed by atoms with Crippen LogP contribution in [0.1, 0.15) is 50.9 Å². The van der Waals surface area contributed by atoms with Crippen molar-refractivity contribution in [3.05, 3.63) is 51.8 Å². The van der Waals surface area contributed by atoms with E-state index in [4.69, 9.17) is 16.7 Å². The van der Waals surface area contributed by atoms with Crippen LogP contribution in [0.4, 0.5) is 0 Å². The summed E-state index contributed by atoms with van der Waals surface area (Å²) in [5.41, 5.74) is 2.38. The Kier molecular flexibility index (Phi) is 4.81. The summed E-state index contributed by atoms with van der Waals surface area (Å²) in [6, 6.07) is 6.89. The molecule has 1 atom stereocenters. The molecule has 0 aliphatic carbocycles. The van der Waals surface area contributed by atoms with Crippen molar-refractivity contribution in [2.24, 2.45) is 7.05 Å². The molecule has 2 heterocycles. The molecular weight excluding hydrogens is 342 g/mol. The summed E-state index contributed by atoms with van der Waals surface area (Å²) >= 11 is 6.24. The molecular formula is C18H20ClN3O3. The van der Waals surface area contributed by atoms with E-state index < -0.39 is 5.97 Å². The Bertz CT molecular complexity index is 814. The molecule has 6 nitrogen and oxygen atoms in total. The molecule has 1 aromatic carbocycles. The van der Waals surface area contributed by atoms with Crippen molar-refractivity contribution in [2.75, 3.05) is 13.1 Å². The zero-order chi connectivity index (χ0) is 18.1. The number of likely N-dealkylation sites (tertiary alicyclic amines) is 1. The fraction of sp³-hybridized carbons (Fsp3) is 0.389. The Hall–Kier alpha value is -2.34. The largest absolute Gasteiger partial charge is 0.478 e. The van der Waals surface area contributed by atoms with Crippen molar-refractivity contribution >= 4 is 23.5 Å². The molecule has 0 spiro atoms. The molecule has 25 heavy (non-hydrogen) atoms. The normalized spacial score (nSPS) is 17.6. The summed E-state index contributed by atoms with van der Waals surface area (Å²) in [6.07, 6.45) is 1.86. The number of hydrogen-bond acceptors (Lipinski definition) is 3. The second-order valence-corrected chi connectivity index (χ2v) is 6.77. The molecule has 1 aromatic heterocycles. The van der Waals surface area contributed by atoms with E-state index >= 15 is 0 Å². The summed E-state index contributed by atoms with van der Waals surface area (Å²) < 4.78 is 1.53. The summed E-state index contributed by atoms with van der Waals surface area (Å²) in [4.78, 5) is 25.7. The lowest BCUT2D eigenvalue weighted by Crippen LogP contribution is -2.40. The van der Waals surface area contributed by atoms with E-state index in [0.29, 0.717) is 29.5 Å². The Morgan fingerprint density at radius 1 is 1.28 bits per heavy atom. The molecule has 1 saturated heterocycles. The third-order valence-corrected chi connectivity index (χ3v) is 5.14. The van der Waals surface area contributed by atoms with Crippen molar-refractivity contribution in [3.63, 3.8) is 0 Å². The van der Waals surface area contributed by atoms with E-state index in [9.17, 15) is 9.59 Å². The van der Waals surface area contributed by atoms with Gasteiger partial charge in [-0.3, -0.25) is 9.48 Å². The standard InChI is InChI=1S/C18H20ClN3O3/c1-11-15(19)16(21(2)20-11)17(23)22-9-3-4-14(10-22)12-5-7-13(8-6-12)18(24)25/h5-8,14H,3-4,9-10H2,1-2H3,(H,24,25)/t14-/m0/s1. The highest BCUT2D eigenvalue weighted by Gasteiger charge is 2.29. The van der Waals surface area contributed by atoms with Gasteiger partial charge in [0.1, 0.15) is 5.69 Å². The fourth-order valence-corrected chi connectivity index (χ4v) is 3.59. The molecule has 0 bridgehead atoms. The number of carboxylic acids is 1. The maximum atomic E-state index is 12.9. The van der Waals surface area contributed by atoms with Crippen LogP contribution in [0.15, 0.2) is 24.3 Å². The summed E-state index contributed by atoms with van der Waals surface area (Å²) in [7, 11) is 1.72. The zero-order valence-corrected chi connectivity index (χ0v) is 15.0. The van der Waals surface area contributed by atoms with Crippen LogP contribution in [-0.4, -0.2) is 44.8 Å². The number of carboxylic acid groups (broad SMARTS) is 1. The molecule has 7 heteroatoms. The first-order valence-electron chi connectivity index (χ1n) is 8.20. The lowest BCUT2D eigenvalue weighted by molar-refractivity contribution is 0.0690. The number of piperidine rings is 1. The molecule has 3 rings (SSSR count). The Morgan fingerprint density at radius 2 is 1.96 bits per heavy atom. The van der Waals surface area contributed by atoms with E-state index in [-0.39, 0.29) is 17.4 Å². The molecule has 1 N–H and O–H groups in total. The zero-order valence-electron chi connectivity index (χ0n) is 14.2. The second-order valence-electron chi connectivity index (χ2n) is 6.39. The number of hydrogen-bond donors (Lipinski definition) is 1. The SMILES string of the molecule is Cc1nn(C)c(C(=O)N2CCC[C@H](c3ccc(C(=O)O)cc3)C2)c1Cl. The number of halogens is 1. The number of nitrogens with zero attached hydrogens (tertiary/aromatic N) is 3. The smallest absolute Gasteiger partial charge is 0.335 e. The predicted molar refractivity (Wildman–Crippen MR) is 94.2 cm³/mol. The quantitative estimate of drug-likeness (QED) is 0.911. The van der Waals surface area contributed by atoms with Crippen molar-refractivity contribution < 1.29 is 14.7 Å². The van der Waals surface area contributed by atoms with Gasteiger partial charge in [-0.2, -0.15) is 5.10 Å². The third-order valence-electron chi connectivity index (χ3n) is 4.69. The van der Waals surface area contributed by atoms with E-state index in [0.717, 1.165) is 18.4 Å². The van der Waals surface area contributed by atoms with Gasteiger partial charge >= 0.3 is 5.97 Å². The van der Waals surface area contributed by atoms with Crippen molar-refractivity contribution in [2.45, 2.75) is 25.7 Å². The third kappa shape index (κ3) is 3.39. The van der Waals surface area contributed by atoms with Crippen LogP contribution in [0.3, 0.4) is 0 Å². The highest BCUT2D eigenvalue weighted by Crippen LogP contribution is 2.29. The molecule has 0 saturated carbocycles. The molecule has 132 valence electrons. The molecule has 1 aliphatic heterocycles. The van der Waals surface area contributed by atoms with Gasteiger partial charge in [0.15, 0.2) is 0 Å². The number of aromatic nitrogens is 2. The van der Waals surface area contributed by atoms with Crippen LogP contribution in [-0.2, 0) is 7.05 Å². The monoisotopic (exact) mass is 361 g/mol. The number of carbonyl (C=O) groups is 2. The number of benzene rings is 1. The number of aromatic carboxylic acids is 1. The van der Waals surface area contributed by atoms with Gasteiger partial charge in [-0.1, -0.05) is 23.7 Å². The van der Waals surface area contributed by atoms with Crippen LogP contribution in [0.5, 0.6) is 0 Å². The lowest BCUT2D eigenvalue weighted by atomic mass is 9.90. The first-order valence-corrected chi connectivity index (χ1v) is 8.58. The molecule has 2 aromatic rings. The minimum absolute atomic E-state index is 0.111. The fourth-order valence-electron chi connectivity index (χ4n) is 3.35. The molecule has 0 radical (unpaired) electrons. The van der Waals surface area contributed by atoms with Gasteiger partial charge in [-0.05, 0) is 37.5 Å². The first kappa shape index (κ1) is 17.5. The molecule has 0 unspecified atom stereocenters. The maximum Gasteiger partial charge on any atom is 0.335 e. The molecule has 1 aliphatic rings. The summed E-state index contributed by atoms with van der Waals surface area (Å²) in [5, 5.41) is 13.6. The number of rotatable bonds is 3. The average Bonchev–Trinajstić information content (AvgIpc) is 2.86. The number of aryl methyl sites for hydroxylation is 2. The Labute approximate surface area is 151 Å². The highest BCUT2D eigenvalue weighted by molar-refractivity contribution is 6.34. The van der Waals surface area contributed by atoms with Crippen LogP contribution in [0.25, 0.3) is 0 Å². The van der Waals surface area contributed by atoms with Crippen molar-refractivity contribution in [1.29, 1.82) is 0 Å². The Balaban J connectivity index is 1.78. The number of amides is 1.